The summed E-state index contributed by atoms with van der Waals surface area (Å²) in [6.07, 6.45) is 0. The van der Waals surface area contributed by atoms with Crippen LogP contribution in [-0.4, -0.2) is 29.7 Å². The lowest BCUT2D eigenvalue weighted by Gasteiger charge is -2.21. The van der Waals surface area contributed by atoms with E-state index in [0.717, 1.165) is 6.07 Å². The number of benzene rings is 1. The van der Waals surface area contributed by atoms with E-state index in [1.165, 1.54) is 4.90 Å². The number of hydrogen-bond acceptors (Lipinski definition) is 4. The molecule has 1 aromatic rings. The minimum atomic E-state index is -1.22. The topological polar surface area (TPSA) is 66.6 Å². The number of nitro benzene ring substituents is 1. The molecule has 0 aromatic heterocycles. The van der Waals surface area contributed by atoms with Gasteiger partial charge in [0.05, 0.1) is 11.5 Å². The van der Waals surface area contributed by atoms with Crippen LogP contribution in [-0.2, 0) is 0 Å². The maximum Gasteiger partial charge on any atom is 0.328 e. The molecule has 0 aliphatic heterocycles. The van der Waals surface area contributed by atoms with E-state index in [1.54, 1.807) is 6.92 Å². The number of likely N-dealkylation sites (N-methyl/N-ethyl adjacent to an activating group) is 1. The Morgan fingerprint density at radius 2 is 2.12 bits per heavy atom. The van der Waals surface area contributed by atoms with Gasteiger partial charge in [-0.2, -0.15) is 4.39 Å². The van der Waals surface area contributed by atoms with Crippen LogP contribution in [0, 0.1) is 21.7 Å². The number of nitro groups is 1. The standard InChI is InChI=1S/C10H12F2N2O3/c1-2-13(3-4-15)9-6-7(11)5-8(12)10(9)14(16)17/h5-6,15H,2-4H2,1H3. The largest absolute Gasteiger partial charge is 0.395 e. The Labute approximate surface area is 96.4 Å². The van der Waals surface area contributed by atoms with E-state index in [1.807, 2.05) is 0 Å². The zero-order chi connectivity index (χ0) is 13.0. The summed E-state index contributed by atoms with van der Waals surface area (Å²) in [6, 6.07) is 1.36. The zero-order valence-corrected chi connectivity index (χ0v) is 9.19. The Morgan fingerprint density at radius 3 is 2.59 bits per heavy atom. The Hall–Kier alpha value is -1.76. The van der Waals surface area contributed by atoms with Gasteiger partial charge in [-0.25, -0.2) is 4.39 Å². The van der Waals surface area contributed by atoms with Gasteiger partial charge in [-0.15, -0.1) is 0 Å². The highest BCUT2D eigenvalue weighted by atomic mass is 19.1. The predicted molar refractivity (Wildman–Crippen MR) is 58.0 cm³/mol. The van der Waals surface area contributed by atoms with E-state index in [-0.39, 0.29) is 18.8 Å². The molecule has 0 aliphatic rings. The molecule has 0 radical (unpaired) electrons. The fourth-order valence-corrected chi connectivity index (χ4v) is 1.54. The highest BCUT2D eigenvalue weighted by molar-refractivity contribution is 5.64. The van der Waals surface area contributed by atoms with Crippen LogP contribution in [0.25, 0.3) is 0 Å². The van der Waals surface area contributed by atoms with Gasteiger partial charge in [0.15, 0.2) is 0 Å². The molecule has 1 rings (SSSR count). The van der Waals surface area contributed by atoms with Gasteiger partial charge in [0.2, 0.25) is 5.82 Å². The highest BCUT2D eigenvalue weighted by Crippen LogP contribution is 2.31. The SMILES string of the molecule is CCN(CCO)c1cc(F)cc(F)c1[N+](=O)[O-]. The van der Waals surface area contributed by atoms with Crippen LogP contribution >= 0.6 is 0 Å². The second-order valence-electron chi connectivity index (χ2n) is 3.32. The molecule has 0 amide bonds. The number of halogens is 2. The third-order valence-corrected chi connectivity index (χ3v) is 2.28. The first-order chi connectivity index (χ1) is 8.01. The number of aliphatic hydroxyl groups excluding tert-OH is 1. The Bertz CT molecular complexity index is 426. The summed E-state index contributed by atoms with van der Waals surface area (Å²) >= 11 is 0. The van der Waals surface area contributed by atoms with E-state index >= 15 is 0 Å². The molecule has 1 N–H and O–H groups in total. The van der Waals surface area contributed by atoms with Crippen molar-refractivity contribution in [3.8, 4) is 0 Å². The number of hydrogen-bond donors (Lipinski definition) is 1. The Kier molecular flexibility index (Phi) is 4.33. The maximum absolute atomic E-state index is 13.3. The molecule has 0 heterocycles. The van der Waals surface area contributed by atoms with Crippen molar-refractivity contribution in [2.24, 2.45) is 0 Å². The van der Waals surface area contributed by atoms with Crippen molar-refractivity contribution in [3.05, 3.63) is 33.9 Å². The van der Waals surface area contributed by atoms with E-state index in [2.05, 4.69) is 0 Å². The van der Waals surface area contributed by atoms with Crippen molar-refractivity contribution in [1.29, 1.82) is 0 Å². The first-order valence-electron chi connectivity index (χ1n) is 5.00. The lowest BCUT2D eigenvalue weighted by atomic mass is 10.2. The monoisotopic (exact) mass is 246 g/mol. The first-order valence-corrected chi connectivity index (χ1v) is 5.00. The maximum atomic E-state index is 13.3. The molecular weight excluding hydrogens is 234 g/mol. The molecule has 7 heteroatoms. The minimum Gasteiger partial charge on any atom is -0.395 e. The number of rotatable bonds is 5. The van der Waals surface area contributed by atoms with E-state index < -0.39 is 22.2 Å². The lowest BCUT2D eigenvalue weighted by Crippen LogP contribution is -2.27. The fraction of sp³-hybridized carbons (Fsp3) is 0.400. The van der Waals surface area contributed by atoms with E-state index in [4.69, 9.17) is 5.11 Å². The van der Waals surface area contributed by atoms with Crippen LogP contribution in [0.4, 0.5) is 20.2 Å². The van der Waals surface area contributed by atoms with Crippen LogP contribution in [0.2, 0.25) is 0 Å². The van der Waals surface area contributed by atoms with Crippen LogP contribution in [0.15, 0.2) is 12.1 Å². The highest BCUT2D eigenvalue weighted by Gasteiger charge is 2.25. The van der Waals surface area contributed by atoms with Gasteiger partial charge in [-0.05, 0) is 6.92 Å². The molecule has 0 bridgehead atoms. The molecule has 5 nitrogen and oxygen atoms in total. The van der Waals surface area contributed by atoms with Gasteiger partial charge >= 0.3 is 5.69 Å². The third kappa shape index (κ3) is 2.88. The number of aliphatic hydroxyl groups is 1. The van der Waals surface area contributed by atoms with Crippen LogP contribution in [0.3, 0.4) is 0 Å². The summed E-state index contributed by atoms with van der Waals surface area (Å²) in [4.78, 5) is 11.2. The van der Waals surface area contributed by atoms with Crippen molar-refractivity contribution in [2.75, 3.05) is 24.6 Å². The number of nitrogens with zero attached hydrogens (tertiary/aromatic N) is 2. The first kappa shape index (κ1) is 13.3. The van der Waals surface area contributed by atoms with Gasteiger partial charge in [0, 0.05) is 25.2 Å². The van der Waals surface area contributed by atoms with E-state index in [9.17, 15) is 18.9 Å². The van der Waals surface area contributed by atoms with Crippen molar-refractivity contribution < 1.29 is 18.8 Å². The normalized spacial score (nSPS) is 10.4. The second kappa shape index (κ2) is 5.53. The zero-order valence-electron chi connectivity index (χ0n) is 9.19. The van der Waals surface area contributed by atoms with Gasteiger partial charge in [0.1, 0.15) is 11.5 Å². The predicted octanol–water partition coefficient (Wildman–Crippen LogP) is 1.69. The summed E-state index contributed by atoms with van der Waals surface area (Å²) in [5.74, 6) is -2.11. The summed E-state index contributed by atoms with van der Waals surface area (Å²) < 4.78 is 26.4. The van der Waals surface area contributed by atoms with Crippen molar-refractivity contribution in [1.82, 2.24) is 0 Å². The second-order valence-corrected chi connectivity index (χ2v) is 3.32. The molecule has 0 unspecified atom stereocenters. The fourth-order valence-electron chi connectivity index (χ4n) is 1.54. The summed E-state index contributed by atoms with van der Waals surface area (Å²) in [7, 11) is 0. The summed E-state index contributed by atoms with van der Waals surface area (Å²) in [5.41, 5.74) is -0.939. The molecule has 0 aliphatic carbocycles. The minimum absolute atomic E-state index is 0.0697. The average molecular weight is 246 g/mol. The number of anilines is 1. The molecule has 0 atom stereocenters. The van der Waals surface area contributed by atoms with Crippen molar-refractivity contribution >= 4 is 11.4 Å². The van der Waals surface area contributed by atoms with E-state index in [0.29, 0.717) is 12.6 Å². The molecule has 0 spiro atoms. The molecule has 94 valence electrons. The molecule has 1 aromatic carbocycles. The average Bonchev–Trinajstić information content (AvgIpc) is 2.23. The van der Waals surface area contributed by atoms with Gasteiger partial charge in [-0.3, -0.25) is 10.1 Å². The Balaban J connectivity index is 3.32. The van der Waals surface area contributed by atoms with Crippen LogP contribution < -0.4 is 4.90 Å². The van der Waals surface area contributed by atoms with Crippen molar-refractivity contribution in [2.45, 2.75) is 6.92 Å². The lowest BCUT2D eigenvalue weighted by molar-refractivity contribution is -0.386. The molecule has 0 saturated heterocycles. The molecule has 0 saturated carbocycles. The Morgan fingerprint density at radius 1 is 1.47 bits per heavy atom. The molecular formula is C10H12F2N2O3. The van der Waals surface area contributed by atoms with Crippen LogP contribution in [0.5, 0.6) is 0 Å². The van der Waals surface area contributed by atoms with Gasteiger partial charge in [-0.1, -0.05) is 0 Å². The summed E-state index contributed by atoms with van der Waals surface area (Å²) in [5, 5.41) is 19.5. The van der Waals surface area contributed by atoms with Crippen molar-refractivity contribution in [3.63, 3.8) is 0 Å². The van der Waals surface area contributed by atoms with Crippen LogP contribution in [0.1, 0.15) is 6.92 Å². The smallest absolute Gasteiger partial charge is 0.328 e. The van der Waals surface area contributed by atoms with Gasteiger partial charge < -0.3 is 10.0 Å². The molecule has 0 fully saturated rings. The van der Waals surface area contributed by atoms with Gasteiger partial charge in [0.25, 0.3) is 0 Å². The third-order valence-electron chi connectivity index (χ3n) is 2.28. The quantitative estimate of drug-likeness (QED) is 0.634. The summed E-state index contributed by atoms with van der Waals surface area (Å²) in [6.45, 7) is 1.77. The molecule has 17 heavy (non-hydrogen) atoms.